The molecule has 2 aliphatic rings. The first kappa shape index (κ1) is 14.2. The lowest BCUT2D eigenvalue weighted by molar-refractivity contribution is -0.0508. The molecule has 0 amide bonds. The number of halogens is 2. The SMILES string of the molecule is CNC(CC1CCOCC1)C1CCC(F)(F)CC1. The molecule has 0 radical (unpaired) electrons. The van der Waals surface area contributed by atoms with E-state index >= 15 is 0 Å². The average molecular weight is 261 g/mol. The minimum absolute atomic E-state index is 0.0730. The van der Waals surface area contributed by atoms with E-state index in [1.807, 2.05) is 7.05 Å². The van der Waals surface area contributed by atoms with E-state index in [4.69, 9.17) is 4.74 Å². The molecule has 1 saturated carbocycles. The number of nitrogens with one attached hydrogen (secondary N) is 1. The van der Waals surface area contributed by atoms with Gasteiger partial charge >= 0.3 is 0 Å². The van der Waals surface area contributed by atoms with Gasteiger partial charge in [-0.1, -0.05) is 0 Å². The molecule has 4 heteroatoms. The van der Waals surface area contributed by atoms with Gasteiger partial charge in [0.15, 0.2) is 0 Å². The number of ether oxygens (including phenoxy) is 1. The maximum atomic E-state index is 13.2. The predicted molar refractivity (Wildman–Crippen MR) is 67.9 cm³/mol. The maximum absolute atomic E-state index is 13.2. The van der Waals surface area contributed by atoms with E-state index < -0.39 is 5.92 Å². The Hall–Kier alpha value is -0.220. The molecule has 1 heterocycles. The molecule has 0 aromatic carbocycles. The van der Waals surface area contributed by atoms with Crippen LogP contribution in [-0.4, -0.2) is 32.2 Å². The minimum atomic E-state index is -2.41. The van der Waals surface area contributed by atoms with Crippen molar-refractivity contribution in [3.63, 3.8) is 0 Å². The van der Waals surface area contributed by atoms with Crippen molar-refractivity contribution >= 4 is 0 Å². The molecule has 1 atom stereocenters. The normalized spacial score (nSPS) is 28.2. The van der Waals surface area contributed by atoms with Crippen LogP contribution < -0.4 is 5.32 Å². The highest BCUT2D eigenvalue weighted by atomic mass is 19.3. The summed E-state index contributed by atoms with van der Waals surface area (Å²) < 4.78 is 31.7. The molecule has 0 aromatic rings. The average Bonchev–Trinajstić information content (AvgIpc) is 2.38. The lowest BCUT2D eigenvalue weighted by atomic mass is 9.78. The van der Waals surface area contributed by atoms with E-state index in [1.165, 1.54) is 0 Å². The van der Waals surface area contributed by atoms with Gasteiger partial charge in [-0.3, -0.25) is 0 Å². The Bertz CT molecular complexity index is 244. The lowest BCUT2D eigenvalue weighted by Crippen LogP contribution is -2.40. The fraction of sp³-hybridized carbons (Fsp3) is 1.00. The van der Waals surface area contributed by atoms with Crippen LogP contribution in [0.15, 0.2) is 0 Å². The van der Waals surface area contributed by atoms with Crippen molar-refractivity contribution in [2.24, 2.45) is 11.8 Å². The van der Waals surface area contributed by atoms with Crippen molar-refractivity contribution in [2.45, 2.75) is 56.9 Å². The van der Waals surface area contributed by atoms with Crippen molar-refractivity contribution in [3.8, 4) is 0 Å². The molecule has 1 unspecified atom stereocenters. The second-order valence-electron chi connectivity index (χ2n) is 5.88. The maximum Gasteiger partial charge on any atom is 0.248 e. The summed E-state index contributed by atoms with van der Waals surface area (Å²) >= 11 is 0. The zero-order valence-corrected chi connectivity index (χ0v) is 11.3. The van der Waals surface area contributed by atoms with Crippen molar-refractivity contribution in [3.05, 3.63) is 0 Å². The van der Waals surface area contributed by atoms with E-state index in [0.717, 1.165) is 32.5 Å². The molecule has 1 aliphatic heterocycles. The molecule has 0 spiro atoms. The molecule has 2 fully saturated rings. The molecule has 0 bridgehead atoms. The fourth-order valence-corrected chi connectivity index (χ4v) is 3.35. The summed E-state index contributed by atoms with van der Waals surface area (Å²) in [5.41, 5.74) is 0. The van der Waals surface area contributed by atoms with Crippen molar-refractivity contribution in [1.29, 1.82) is 0 Å². The predicted octanol–water partition coefficient (Wildman–Crippen LogP) is 3.22. The van der Waals surface area contributed by atoms with Crippen LogP contribution in [0, 0.1) is 11.8 Å². The van der Waals surface area contributed by atoms with E-state index in [9.17, 15) is 8.78 Å². The van der Waals surface area contributed by atoms with Gasteiger partial charge < -0.3 is 10.1 Å². The Labute approximate surface area is 108 Å². The summed E-state index contributed by atoms with van der Waals surface area (Å²) in [7, 11) is 1.97. The second kappa shape index (κ2) is 6.29. The van der Waals surface area contributed by atoms with E-state index in [0.29, 0.717) is 30.7 Å². The number of hydrogen-bond donors (Lipinski definition) is 1. The smallest absolute Gasteiger partial charge is 0.248 e. The second-order valence-corrected chi connectivity index (χ2v) is 5.88. The molecule has 2 rings (SSSR count). The van der Waals surface area contributed by atoms with Gasteiger partial charge in [0.05, 0.1) is 0 Å². The molecular formula is C14H25F2NO. The minimum Gasteiger partial charge on any atom is -0.381 e. The van der Waals surface area contributed by atoms with Crippen LogP contribution in [0.1, 0.15) is 44.9 Å². The lowest BCUT2D eigenvalue weighted by Gasteiger charge is -2.36. The molecule has 106 valence electrons. The van der Waals surface area contributed by atoms with E-state index in [-0.39, 0.29) is 12.8 Å². The fourth-order valence-electron chi connectivity index (χ4n) is 3.35. The highest BCUT2D eigenvalue weighted by Gasteiger charge is 2.37. The van der Waals surface area contributed by atoms with Crippen molar-refractivity contribution in [1.82, 2.24) is 5.32 Å². The van der Waals surface area contributed by atoms with Crippen LogP contribution in [-0.2, 0) is 4.74 Å². The Balaban J connectivity index is 1.81. The third-order valence-electron chi connectivity index (χ3n) is 4.63. The van der Waals surface area contributed by atoms with Gasteiger partial charge in [0.25, 0.3) is 0 Å². The monoisotopic (exact) mass is 261 g/mol. The third kappa shape index (κ3) is 3.89. The van der Waals surface area contributed by atoms with Gasteiger partial charge in [-0.15, -0.1) is 0 Å². The Morgan fingerprint density at radius 3 is 2.33 bits per heavy atom. The quantitative estimate of drug-likeness (QED) is 0.839. The summed E-state index contributed by atoms with van der Waals surface area (Å²) in [5.74, 6) is -1.27. The molecule has 1 saturated heterocycles. The Morgan fingerprint density at radius 1 is 1.17 bits per heavy atom. The van der Waals surface area contributed by atoms with Crippen LogP contribution in [0.25, 0.3) is 0 Å². The molecule has 1 N–H and O–H groups in total. The standard InChI is InChI=1S/C14H25F2NO/c1-17-13(10-11-4-8-18-9-5-11)12-2-6-14(15,16)7-3-12/h11-13,17H,2-10H2,1H3. The summed E-state index contributed by atoms with van der Waals surface area (Å²) in [6.45, 7) is 1.73. The van der Waals surface area contributed by atoms with Gasteiger partial charge in [-0.2, -0.15) is 0 Å². The number of hydrogen-bond acceptors (Lipinski definition) is 2. The van der Waals surface area contributed by atoms with Crippen LogP contribution in [0.2, 0.25) is 0 Å². The molecule has 1 aliphatic carbocycles. The molecular weight excluding hydrogens is 236 g/mol. The number of alkyl halides is 2. The van der Waals surface area contributed by atoms with Crippen LogP contribution in [0.3, 0.4) is 0 Å². The molecule has 2 nitrogen and oxygen atoms in total. The summed E-state index contributed by atoms with van der Waals surface area (Å²) in [6.07, 6.45) is 4.86. The molecule has 18 heavy (non-hydrogen) atoms. The molecule has 0 aromatic heterocycles. The van der Waals surface area contributed by atoms with Crippen LogP contribution >= 0.6 is 0 Å². The first-order chi connectivity index (χ1) is 8.61. The first-order valence-corrected chi connectivity index (χ1v) is 7.23. The first-order valence-electron chi connectivity index (χ1n) is 7.23. The Kier molecular flexibility index (Phi) is 4.96. The summed E-state index contributed by atoms with van der Waals surface area (Å²) in [5, 5.41) is 3.36. The van der Waals surface area contributed by atoms with E-state index in [2.05, 4.69) is 5.32 Å². The highest BCUT2D eigenvalue weighted by molar-refractivity contribution is 4.86. The van der Waals surface area contributed by atoms with Crippen molar-refractivity contribution < 1.29 is 13.5 Å². The van der Waals surface area contributed by atoms with Gasteiger partial charge in [-0.25, -0.2) is 8.78 Å². The highest BCUT2D eigenvalue weighted by Crippen LogP contribution is 2.39. The van der Waals surface area contributed by atoms with Gasteiger partial charge in [0, 0.05) is 32.1 Å². The number of rotatable bonds is 4. The third-order valence-corrected chi connectivity index (χ3v) is 4.63. The largest absolute Gasteiger partial charge is 0.381 e. The zero-order chi connectivity index (χ0) is 13.0. The topological polar surface area (TPSA) is 21.3 Å². The van der Waals surface area contributed by atoms with Gasteiger partial charge in [-0.05, 0) is 51.0 Å². The van der Waals surface area contributed by atoms with Crippen LogP contribution in [0.4, 0.5) is 8.78 Å². The van der Waals surface area contributed by atoms with Gasteiger partial charge in [0.2, 0.25) is 5.92 Å². The Morgan fingerprint density at radius 2 is 1.78 bits per heavy atom. The summed E-state index contributed by atoms with van der Waals surface area (Å²) in [6, 6.07) is 0.407. The summed E-state index contributed by atoms with van der Waals surface area (Å²) in [4.78, 5) is 0. The van der Waals surface area contributed by atoms with Crippen LogP contribution in [0.5, 0.6) is 0 Å². The van der Waals surface area contributed by atoms with E-state index in [1.54, 1.807) is 0 Å². The zero-order valence-electron chi connectivity index (χ0n) is 11.3. The van der Waals surface area contributed by atoms with Crippen molar-refractivity contribution in [2.75, 3.05) is 20.3 Å². The van der Waals surface area contributed by atoms with Gasteiger partial charge in [0.1, 0.15) is 0 Å².